The highest BCUT2D eigenvalue weighted by Gasteiger charge is 2.32. The van der Waals surface area contributed by atoms with E-state index in [1.54, 1.807) is 52.7 Å². The van der Waals surface area contributed by atoms with E-state index in [9.17, 15) is 8.42 Å². The van der Waals surface area contributed by atoms with E-state index in [4.69, 9.17) is 38.3 Å². The van der Waals surface area contributed by atoms with Gasteiger partial charge in [0.15, 0.2) is 23.0 Å². The Balaban J connectivity index is 1.77. The average Bonchev–Trinajstić information content (AvgIpc) is 2.92. The number of benzene rings is 3. The van der Waals surface area contributed by atoms with Gasteiger partial charge in [0.05, 0.1) is 52.5 Å². The molecule has 3 aromatic carbocycles. The minimum atomic E-state index is -3.75. The molecule has 0 bridgehead atoms. The molecule has 0 saturated carbocycles. The van der Waals surface area contributed by atoms with Crippen LogP contribution >= 0.6 is 0 Å². The van der Waals surface area contributed by atoms with E-state index in [1.807, 2.05) is 24.3 Å². The van der Waals surface area contributed by atoms with Crippen LogP contribution in [0.3, 0.4) is 0 Å². The predicted octanol–water partition coefficient (Wildman–Crippen LogP) is 3.69. The SMILES string of the molecule is COCCOCCOc1ccc2c(c1OC)-c1ccc(CS(N)(=O)=O)cc1C(c1ccc(OC)c(OC)c1)O2. The summed E-state index contributed by atoms with van der Waals surface area (Å²) >= 11 is 0. The molecule has 2 N–H and O–H groups in total. The zero-order valence-corrected chi connectivity index (χ0v) is 23.2. The predicted molar refractivity (Wildman–Crippen MR) is 145 cm³/mol. The third kappa shape index (κ3) is 6.56. The monoisotopic (exact) mass is 559 g/mol. The highest BCUT2D eigenvalue weighted by Crippen LogP contribution is 2.52. The first-order valence-corrected chi connectivity index (χ1v) is 13.9. The van der Waals surface area contributed by atoms with Gasteiger partial charge < -0.3 is 33.2 Å². The molecule has 0 aliphatic carbocycles. The molecular formula is C28H33NO9S. The second-order valence-electron chi connectivity index (χ2n) is 8.76. The lowest BCUT2D eigenvalue weighted by Gasteiger charge is -2.31. The van der Waals surface area contributed by atoms with E-state index in [1.165, 1.54) is 0 Å². The molecule has 0 fully saturated rings. The van der Waals surface area contributed by atoms with Crippen LogP contribution in [0.15, 0.2) is 48.5 Å². The van der Waals surface area contributed by atoms with Crippen molar-refractivity contribution in [2.45, 2.75) is 11.9 Å². The van der Waals surface area contributed by atoms with Crippen LogP contribution in [0, 0.1) is 0 Å². The van der Waals surface area contributed by atoms with Gasteiger partial charge in [-0.05, 0) is 35.4 Å². The van der Waals surface area contributed by atoms with E-state index >= 15 is 0 Å². The largest absolute Gasteiger partial charge is 0.493 e. The van der Waals surface area contributed by atoms with Crippen molar-refractivity contribution in [3.8, 4) is 39.9 Å². The van der Waals surface area contributed by atoms with Crippen molar-refractivity contribution in [2.24, 2.45) is 5.14 Å². The summed E-state index contributed by atoms with van der Waals surface area (Å²) in [5, 5.41) is 5.34. The summed E-state index contributed by atoms with van der Waals surface area (Å²) in [6.07, 6.45) is -0.571. The van der Waals surface area contributed by atoms with Gasteiger partial charge in [-0.3, -0.25) is 0 Å². The van der Waals surface area contributed by atoms with Crippen LogP contribution in [-0.4, -0.2) is 63.3 Å². The zero-order valence-electron chi connectivity index (χ0n) is 22.4. The Morgan fingerprint density at radius 1 is 0.821 bits per heavy atom. The lowest BCUT2D eigenvalue weighted by Crippen LogP contribution is -2.18. The highest BCUT2D eigenvalue weighted by atomic mass is 32.2. The number of hydrogen-bond donors (Lipinski definition) is 1. The van der Waals surface area contributed by atoms with E-state index in [0.717, 1.165) is 16.7 Å². The number of hydrogen-bond acceptors (Lipinski definition) is 9. The van der Waals surface area contributed by atoms with Crippen molar-refractivity contribution in [2.75, 3.05) is 54.9 Å². The minimum Gasteiger partial charge on any atom is -0.493 e. The van der Waals surface area contributed by atoms with Gasteiger partial charge in [-0.2, -0.15) is 0 Å². The van der Waals surface area contributed by atoms with Crippen LogP contribution < -0.4 is 28.8 Å². The molecule has 0 amide bonds. The van der Waals surface area contributed by atoms with Crippen molar-refractivity contribution >= 4 is 10.0 Å². The number of primary sulfonamides is 1. The average molecular weight is 560 g/mol. The normalized spacial score (nSPS) is 14.1. The van der Waals surface area contributed by atoms with Crippen molar-refractivity contribution in [3.63, 3.8) is 0 Å². The Kier molecular flexibility index (Phi) is 9.18. The second kappa shape index (κ2) is 12.6. The summed E-state index contributed by atoms with van der Waals surface area (Å²) < 4.78 is 63.4. The first-order chi connectivity index (χ1) is 18.8. The minimum absolute atomic E-state index is 0.310. The fourth-order valence-electron chi connectivity index (χ4n) is 4.50. The molecule has 0 saturated heterocycles. The summed E-state index contributed by atoms with van der Waals surface area (Å²) in [4.78, 5) is 0. The van der Waals surface area contributed by atoms with Gasteiger partial charge in [0.25, 0.3) is 0 Å². The summed E-state index contributed by atoms with van der Waals surface area (Å²) in [5.41, 5.74) is 3.58. The standard InChI is InChI=1S/C28H33NO9S/c1-32-11-12-36-13-14-37-24-10-9-23-26(28(24)35-4)20-7-5-18(17-39(29,30)31)15-21(20)27(38-23)19-6-8-22(33-2)25(16-19)34-3/h5-10,15-16,27H,11-14,17H2,1-4H3,(H2,29,30,31). The number of nitrogens with two attached hydrogens (primary N) is 1. The molecular weight excluding hydrogens is 526 g/mol. The summed E-state index contributed by atoms with van der Waals surface area (Å²) in [6.45, 7) is 1.68. The molecule has 1 heterocycles. The van der Waals surface area contributed by atoms with Crippen molar-refractivity contribution < 1.29 is 41.6 Å². The Bertz CT molecular complexity index is 1410. The second-order valence-corrected chi connectivity index (χ2v) is 10.4. The van der Waals surface area contributed by atoms with Gasteiger partial charge >= 0.3 is 0 Å². The Morgan fingerprint density at radius 3 is 2.26 bits per heavy atom. The van der Waals surface area contributed by atoms with E-state index < -0.39 is 16.1 Å². The molecule has 4 rings (SSSR count). The molecule has 0 aromatic heterocycles. The Hall–Kier alpha value is -3.51. The smallest absolute Gasteiger partial charge is 0.213 e. The lowest BCUT2D eigenvalue weighted by molar-refractivity contribution is 0.0540. The van der Waals surface area contributed by atoms with Gasteiger partial charge in [0.2, 0.25) is 10.0 Å². The molecule has 0 radical (unpaired) electrons. The molecule has 210 valence electrons. The fourth-order valence-corrected chi connectivity index (χ4v) is 5.15. The van der Waals surface area contributed by atoms with E-state index in [0.29, 0.717) is 66.3 Å². The van der Waals surface area contributed by atoms with Crippen LogP contribution in [0.2, 0.25) is 0 Å². The molecule has 1 unspecified atom stereocenters. The Morgan fingerprint density at radius 2 is 1.56 bits per heavy atom. The third-order valence-corrected chi connectivity index (χ3v) is 6.93. The molecule has 3 aromatic rings. The third-order valence-electron chi connectivity index (χ3n) is 6.20. The maximum absolute atomic E-state index is 11.9. The Labute approximate surface area is 228 Å². The first-order valence-electron chi connectivity index (χ1n) is 12.2. The molecule has 1 atom stereocenters. The summed E-state index contributed by atoms with van der Waals surface area (Å²) in [7, 11) is 2.56. The van der Waals surface area contributed by atoms with Gasteiger partial charge in [0, 0.05) is 18.2 Å². The molecule has 10 nitrogen and oxygen atoms in total. The number of sulfonamides is 1. The van der Waals surface area contributed by atoms with Crippen LogP contribution in [0.1, 0.15) is 22.8 Å². The maximum atomic E-state index is 11.9. The fraction of sp³-hybridized carbons (Fsp3) is 0.357. The van der Waals surface area contributed by atoms with Crippen LogP contribution in [-0.2, 0) is 25.2 Å². The topological polar surface area (TPSA) is 125 Å². The van der Waals surface area contributed by atoms with Crippen molar-refractivity contribution in [1.29, 1.82) is 0 Å². The highest BCUT2D eigenvalue weighted by molar-refractivity contribution is 7.88. The van der Waals surface area contributed by atoms with E-state index in [2.05, 4.69) is 0 Å². The van der Waals surface area contributed by atoms with Crippen molar-refractivity contribution in [3.05, 3.63) is 65.2 Å². The van der Waals surface area contributed by atoms with Crippen molar-refractivity contribution in [1.82, 2.24) is 0 Å². The summed E-state index contributed by atoms with van der Waals surface area (Å²) in [6, 6.07) is 14.5. The quantitative estimate of drug-likeness (QED) is 0.312. The number of rotatable bonds is 13. The molecule has 11 heteroatoms. The number of fused-ring (bicyclic) bond motifs is 3. The molecule has 1 aliphatic rings. The van der Waals surface area contributed by atoms with E-state index in [-0.39, 0.29) is 5.75 Å². The van der Waals surface area contributed by atoms with Crippen LogP contribution in [0.5, 0.6) is 28.7 Å². The zero-order chi connectivity index (χ0) is 28.0. The number of ether oxygens (including phenoxy) is 7. The summed E-state index contributed by atoms with van der Waals surface area (Å²) in [5.74, 6) is 2.42. The molecule has 39 heavy (non-hydrogen) atoms. The first kappa shape index (κ1) is 28.5. The van der Waals surface area contributed by atoms with Gasteiger partial charge in [-0.25, -0.2) is 13.6 Å². The lowest BCUT2D eigenvalue weighted by atomic mass is 9.87. The van der Waals surface area contributed by atoms with Gasteiger partial charge in [0.1, 0.15) is 18.5 Å². The molecule has 0 spiro atoms. The van der Waals surface area contributed by atoms with Gasteiger partial charge in [-0.15, -0.1) is 0 Å². The number of methoxy groups -OCH3 is 4. The van der Waals surface area contributed by atoms with Gasteiger partial charge in [-0.1, -0.05) is 24.3 Å². The van der Waals surface area contributed by atoms with Crippen LogP contribution in [0.4, 0.5) is 0 Å². The van der Waals surface area contributed by atoms with Crippen LogP contribution in [0.25, 0.3) is 11.1 Å². The maximum Gasteiger partial charge on any atom is 0.213 e. The molecule has 1 aliphatic heterocycles.